The first-order chi connectivity index (χ1) is 38.8. The second-order valence-electron chi connectivity index (χ2n) is 23.2. The van der Waals surface area contributed by atoms with E-state index in [9.17, 15) is 49.2 Å². The van der Waals surface area contributed by atoms with E-state index in [1.807, 2.05) is 6.20 Å². The van der Waals surface area contributed by atoms with E-state index in [2.05, 4.69) is 238 Å². The zero-order chi connectivity index (χ0) is 67.0. The van der Waals surface area contributed by atoms with Crippen molar-refractivity contribution in [1.29, 1.82) is 0 Å². The summed E-state index contributed by atoms with van der Waals surface area (Å²) in [6, 6.07) is 5.99. The summed E-state index contributed by atoms with van der Waals surface area (Å²) in [6.45, 7) is 61.9. The van der Waals surface area contributed by atoms with Gasteiger partial charge in [0.15, 0.2) is 0 Å². The molecule has 0 amide bonds. The van der Waals surface area contributed by atoms with Crippen molar-refractivity contribution in [3.8, 4) is 0 Å². The van der Waals surface area contributed by atoms with Crippen LogP contribution in [0, 0.1) is 0 Å². The summed E-state index contributed by atoms with van der Waals surface area (Å²) in [5.41, 5.74) is 1.31. The Morgan fingerprint density at radius 2 is 0.784 bits per heavy atom. The molecule has 0 radical (unpaired) electrons. The van der Waals surface area contributed by atoms with Gasteiger partial charge in [-0.3, -0.25) is 29.5 Å². The van der Waals surface area contributed by atoms with Gasteiger partial charge in [0.05, 0.1) is 0 Å². The van der Waals surface area contributed by atoms with Crippen molar-refractivity contribution in [3.63, 3.8) is 0 Å². The Morgan fingerprint density at radius 1 is 0.511 bits per heavy atom. The molecule has 0 bridgehead atoms. The molecule has 88 heavy (non-hydrogen) atoms. The Balaban J connectivity index is -0.000000246. The summed E-state index contributed by atoms with van der Waals surface area (Å²) in [6.07, 6.45) is 17.4. The Kier molecular flexibility index (Phi) is 56.1. The van der Waals surface area contributed by atoms with E-state index in [1.165, 1.54) is 17.4 Å². The van der Waals surface area contributed by atoms with E-state index in [1.54, 1.807) is 0 Å². The fourth-order valence-corrected chi connectivity index (χ4v) is 12.0. The van der Waals surface area contributed by atoms with Crippen LogP contribution < -0.4 is 77.1 Å². The molecule has 1 aliphatic heterocycles. The molecule has 0 aliphatic carbocycles. The Labute approximate surface area is 593 Å². The standard InChI is InChI=1S/2C21H43N4.C8H18ClN.C6H9N.2ClH.F2HNO4S2.F2NO4S2.K/c2*1-10-21-22(13-15-24(17(2)3)18(4)5)11-12-23(21)14-16-25(19(6)7)20(8)9;1-7(2)10(6-5-9)8(3)4;1-2-6-4-3-5-7-6;;;2*1-8(4,5)3-9(2,6)7;/h2*11-12,17-20H,10,13-16H2,1-9H3;7-8H,5-6H2,1-4H3;3,5H,2,4H2,1H3;2*1H;3H;;/q2*+1;;;;;;-1;+1/p-1. The van der Waals surface area contributed by atoms with Crippen LogP contribution in [0.2, 0.25) is 0 Å². The van der Waals surface area contributed by atoms with Crippen LogP contribution in [0.15, 0.2) is 42.1 Å². The molecule has 3 rings (SSSR count). The SMILES string of the molecule is CC(C)N(CCCl)C(C)C.CCC1=NC=CC1.CCc1n(CCN(C(C)C)C(C)C)cc[n+]1CCN(C(C)C)C(C)C.CCc1n(CCN(C(C)C)C(C)C)cc[n+]1CCN(C(C)C)C(C)C.Cl.O=S(=O)(F)NS(=O)(=O)F.O=S(=O)(F)[N-]S(=O)(=O)F.[Cl-].[K+]. The number of nitrogens with zero attached hydrogens (tertiary/aromatic N) is 11. The molecule has 2 aromatic rings. The number of halogens is 7. The number of aromatic nitrogens is 4. The number of hydrogen-bond donors (Lipinski definition) is 1. The summed E-state index contributed by atoms with van der Waals surface area (Å²) in [5, 5.41) is 0. The van der Waals surface area contributed by atoms with Crippen molar-refractivity contribution in [1.82, 2.24) is 37.8 Å². The van der Waals surface area contributed by atoms with Crippen molar-refractivity contribution < 1.29 is 122 Å². The van der Waals surface area contributed by atoms with Gasteiger partial charge >= 0.3 is 72.2 Å². The summed E-state index contributed by atoms with van der Waals surface area (Å²) < 4.78 is 129. The van der Waals surface area contributed by atoms with Gasteiger partial charge in [-0.2, -0.15) is 16.8 Å². The zero-order valence-electron chi connectivity index (χ0n) is 57.6. The van der Waals surface area contributed by atoms with Gasteiger partial charge in [0.2, 0.25) is 20.8 Å². The number of allylic oxidation sites excluding steroid dienone is 1. The van der Waals surface area contributed by atoms with Gasteiger partial charge in [-0.15, -0.1) is 31.8 Å². The monoisotopic (exact) mass is 1430 g/mol. The summed E-state index contributed by atoms with van der Waals surface area (Å²) in [4.78, 5) is 16.8. The molecule has 0 saturated carbocycles. The minimum absolute atomic E-state index is 0. The van der Waals surface area contributed by atoms with E-state index < -0.39 is 41.6 Å². The molecule has 32 heteroatoms. The van der Waals surface area contributed by atoms with Crippen molar-refractivity contribution in [2.75, 3.05) is 38.6 Å². The van der Waals surface area contributed by atoms with Crippen molar-refractivity contribution in [3.05, 3.63) is 52.8 Å². The van der Waals surface area contributed by atoms with E-state index >= 15 is 0 Å². The van der Waals surface area contributed by atoms with Crippen LogP contribution in [-0.2, 0) is 80.7 Å². The quantitative estimate of drug-likeness (QED) is 0.0364. The second kappa shape index (κ2) is 50.0. The normalized spacial score (nSPS) is 12.8. The van der Waals surface area contributed by atoms with Gasteiger partial charge in [0.25, 0.3) is 11.6 Å². The van der Waals surface area contributed by atoms with E-state index in [0.29, 0.717) is 60.4 Å². The van der Waals surface area contributed by atoms with Gasteiger partial charge in [0.1, 0.15) is 51.0 Å². The molecule has 0 atom stereocenters. The second-order valence-corrected chi connectivity index (χ2v) is 28.3. The largest absolute Gasteiger partial charge is 1.00 e. The third kappa shape index (κ3) is 47.5. The molecule has 0 aromatic carbocycles. The van der Waals surface area contributed by atoms with Gasteiger partial charge in [-0.05, 0) is 145 Å². The van der Waals surface area contributed by atoms with Crippen LogP contribution in [0.25, 0.3) is 4.13 Å². The van der Waals surface area contributed by atoms with Gasteiger partial charge in [0, 0.05) is 130 Å². The van der Waals surface area contributed by atoms with Crippen LogP contribution in [0.1, 0.15) is 184 Å². The van der Waals surface area contributed by atoms with E-state index in [-0.39, 0.29) is 80.3 Å². The number of alkyl halides is 1. The van der Waals surface area contributed by atoms with Crippen LogP contribution >= 0.6 is 24.0 Å². The summed E-state index contributed by atoms with van der Waals surface area (Å²) in [5.74, 6) is 3.62. The molecule has 1 N–H and O–H groups in total. The number of rotatable bonds is 31. The topological polar surface area (TPSA) is 209 Å². The predicted molar refractivity (Wildman–Crippen MR) is 349 cm³/mol. The molecule has 520 valence electrons. The van der Waals surface area contributed by atoms with Crippen molar-refractivity contribution in [2.24, 2.45) is 4.99 Å². The Hall–Kier alpha value is -0.424. The van der Waals surface area contributed by atoms with Gasteiger partial charge in [-0.25, -0.2) is 35.1 Å². The predicted octanol–water partition coefficient (Wildman–Crippen LogP) is 4.47. The van der Waals surface area contributed by atoms with Gasteiger partial charge < -0.3 is 16.5 Å². The maximum atomic E-state index is 11.1. The minimum atomic E-state index is -5.62. The average Bonchev–Trinajstić information content (AvgIpc) is 4.09. The fourth-order valence-electron chi connectivity index (χ4n) is 10.0. The van der Waals surface area contributed by atoms with Crippen LogP contribution in [0.5, 0.6) is 0 Å². The third-order valence-corrected chi connectivity index (χ3v) is 16.9. The molecule has 0 unspecified atom stereocenters. The van der Waals surface area contributed by atoms with Crippen molar-refractivity contribution in [2.45, 2.75) is 272 Å². The zero-order valence-corrected chi connectivity index (χ0v) is 66.3. The first-order valence-corrected chi connectivity index (χ1v) is 35.8. The number of nitrogens with one attached hydrogen (secondary N) is 1. The van der Waals surface area contributed by atoms with Gasteiger partial charge in [-0.1, -0.05) is 38.7 Å². The van der Waals surface area contributed by atoms with Crippen molar-refractivity contribution >= 4 is 71.4 Å². The molecular formula is C56H115Cl3F4KN12O8S4+. The fraction of sp³-hybridized carbons (Fsp3) is 0.839. The molecule has 0 spiro atoms. The molecule has 1 aliphatic rings. The van der Waals surface area contributed by atoms with E-state index in [4.69, 9.17) is 11.6 Å². The third-order valence-electron chi connectivity index (χ3n) is 13.7. The Morgan fingerprint density at radius 3 is 0.943 bits per heavy atom. The first kappa shape index (κ1) is 98.6. The summed E-state index contributed by atoms with van der Waals surface area (Å²) in [7, 11) is -22.2. The van der Waals surface area contributed by atoms with Crippen LogP contribution in [0.4, 0.5) is 15.5 Å². The van der Waals surface area contributed by atoms with Crippen LogP contribution in [-0.4, -0.2) is 172 Å². The molecule has 3 heterocycles. The molecule has 2 aromatic heterocycles. The Bertz CT molecular complexity index is 2320. The maximum absolute atomic E-state index is 11.1. The average molecular weight is 1430 g/mol. The maximum Gasteiger partial charge on any atom is 1.00 e. The number of hydrogen-bond acceptors (Lipinski definition) is 14. The number of aliphatic imine (C=N–C) groups is 1. The van der Waals surface area contributed by atoms with E-state index in [0.717, 1.165) is 94.6 Å². The summed E-state index contributed by atoms with van der Waals surface area (Å²) >= 11 is 5.64. The minimum Gasteiger partial charge on any atom is -1.00 e. The first-order valence-electron chi connectivity index (χ1n) is 29.8. The van der Waals surface area contributed by atoms with Crippen LogP contribution in [0.3, 0.4) is 0 Å². The molecule has 0 fully saturated rings. The smallest absolute Gasteiger partial charge is 1.00 e. The molecule has 20 nitrogen and oxygen atoms in total. The number of imidazole rings is 2. The molecule has 0 saturated heterocycles. The molecular weight excluding hydrogens is 1320 g/mol.